The minimum atomic E-state index is -0.672. The fourth-order valence-corrected chi connectivity index (χ4v) is 1.81. The second-order valence-corrected chi connectivity index (χ2v) is 5.44. The molecule has 0 aliphatic heterocycles. The fraction of sp³-hybridized carbons (Fsp3) is 0.923. The molecular weight excluding hydrogens is 216 g/mol. The lowest BCUT2D eigenvalue weighted by molar-refractivity contribution is -0.126. The average molecular weight is 242 g/mol. The Balaban J connectivity index is 2.04. The first kappa shape index (κ1) is 14.5. The molecule has 100 valence electrons. The maximum Gasteiger partial charge on any atom is 0.240 e. The van der Waals surface area contributed by atoms with Gasteiger partial charge in [-0.25, -0.2) is 0 Å². The minimum absolute atomic E-state index is 0.00946. The van der Waals surface area contributed by atoms with Crippen LogP contribution in [-0.2, 0) is 9.53 Å². The lowest BCUT2D eigenvalue weighted by Crippen LogP contribution is -2.53. The first-order valence-electron chi connectivity index (χ1n) is 6.63. The third kappa shape index (κ3) is 5.04. The number of nitrogens with two attached hydrogens (primary N) is 1. The van der Waals surface area contributed by atoms with Crippen LogP contribution in [0.25, 0.3) is 0 Å². The number of unbranched alkanes of at least 4 members (excludes halogenated alkanes) is 1. The summed E-state index contributed by atoms with van der Waals surface area (Å²) in [7, 11) is 0. The molecule has 4 heteroatoms. The lowest BCUT2D eigenvalue weighted by atomic mass is 9.96. The summed E-state index contributed by atoms with van der Waals surface area (Å²) in [5.41, 5.74) is 5.34. The summed E-state index contributed by atoms with van der Waals surface area (Å²) in [6.07, 6.45) is 4.38. The van der Waals surface area contributed by atoms with Crippen molar-refractivity contribution in [3.63, 3.8) is 0 Å². The summed E-state index contributed by atoms with van der Waals surface area (Å²) < 4.78 is 5.43. The van der Waals surface area contributed by atoms with E-state index in [0.29, 0.717) is 12.5 Å². The highest BCUT2D eigenvalue weighted by atomic mass is 16.5. The summed E-state index contributed by atoms with van der Waals surface area (Å²) in [5.74, 6) is 0.372. The van der Waals surface area contributed by atoms with E-state index in [9.17, 15) is 4.79 Å². The minimum Gasteiger partial charge on any atom is -0.379 e. The van der Waals surface area contributed by atoms with Crippen LogP contribution in [0.1, 0.15) is 46.5 Å². The number of ether oxygens (including phenoxy) is 1. The van der Waals surface area contributed by atoms with Gasteiger partial charge in [0.15, 0.2) is 0 Å². The summed E-state index contributed by atoms with van der Waals surface area (Å²) in [4.78, 5) is 11.8. The monoisotopic (exact) mass is 242 g/mol. The van der Waals surface area contributed by atoms with Gasteiger partial charge in [0.2, 0.25) is 5.91 Å². The lowest BCUT2D eigenvalue weighted by Gasteiger charge is -2.23. The van der Waals surface area contributed by atoms with Gasteiger partial charge in [0, 0.05) is 13.2 Å². The van der Waals surface area contributed by atoms with Gasteiger partial charge < -0.3 is 15.8 Å². The molecule has 17 heavy (non-hydrogen) atoms. The van der Waals surface area contributed by atoms with Crippen molar-refractivity contribution < 1.29 is 9.53 Å². The zero-order chi connectivity index (χ0) is 12.9. The van der Waals surface area contributed by atoms with Gasteiger partial charge in [-0.05, 0) is 52.4 Å². The Morgan fingerprint density at radius 3 is 2.65 bits per heavy atom. The van der Waals surface area contributed by atoms with Crippen LogP contribution in [0.4, 0.5) is 0 Å². The molecule has 1 rings (SSSR count). The molecule has 1 aliphatic carbocycles. The van der Waals surface area contributed by atoms with E-state index in [1.54, 1.807) is 0 Å². The largest absolute Gasteiger partial charge is 0.379 e. The van der Waals surface area contributed by atoms with Gasteiger partial charge in [-0.3, -0.25) is 4.79 Å². The smallest absolute Gasteiger partial charge is 0.240 e. The van der Waals surface area contributed by atoms with Crippen LogP contribution in [-0.4, -0.2) is 30.7 Å². The number of hydrogen-bond donors (Lipinski definition) is 2. The molecule has 1 saturated carbocycles. The Morgan fingerprint density at radius 1 is 1.47 bits per heavy atom. The highest BCUT2D eigenvalue weighted by Crippen LogP contribution is 2.38. The fourth-order valence-electron chi connectivity index (χ4n) is 1.81. The topological polar surface area (TPSA) is 64.3 Å². The van der Waals surface area contributed by atoms with Crippen molar-refractivity contribution in [2.75, 3.05) is 13.2 Å². The van der Waals surface area contributed by atoms with Gasteiger partial charge in [-0.15, -0.1) is 0 Å². The number of hydrogen-bond acceptors (Lipinski definition) is 3. The molecule has 1 amide bonds. The highest BCUT2D eigenvalue weighted by Gasteiger charge is 2.43. The van der Waals surface area contributed by atoms with Crippen LogP contribution in [0.5, 0.6) is 0 Å². The summed E-state index contributed by atoms with van der Waals surface area (Å²) in [6, 6.07) is 0. The van der Waals surface area contributed by atoms with Gasteiger partial charge in [0.25, 0.3) is 0 Å². The Hall–Kier alpha value is -0.610. The molecular formula is C13H26N2O2. The highest BCUT2D eigenvalue weighted by molar-refractivity contribution is 5.86. The molecule has 3 N–H and O–H groups in total. The van der Waals surface area contributed by atoms with Gasteiger partial charge in [-0.1, -0.05) is 0 Å². The van der Waals surface area contributed by atoms with Crippen LogP contribution >= 0.6 is 0 Å². The third-order valence-electron chi connectivity index (χ3n) is 3.22. The maximum atomic E-state index is 11.8. The van der Waals surface area contributed by atoms with Crippen molar-refractivity contribution >= 4 is 5.91 Å². The molecule has 0 aromatic rings. The van der Waals surface area contributed by atoms with Crippen LogP contribution < -0.4 is 11.1 Å². The van der Waals surface area contributed by atoms with Gasteiger partial charge in [0.05, 0.1) is 11.6 Å². The molecule has 1 unspecified atom stereocenters. The quantitative estimate of drug-likeness (QED) is 0.633. The zero-order valence-corrected chi connectivity index (χ0v) is 11.3. The summed E-state index contributed by atoms with van der Waals surface area (Å²) >= 11 is 0. The van der Waals surface area contributed by atoms with E-state index in [1.807, 2.05) is 20.8 Å². The Bertz CT molecular complexity index is 248. The van der Waals surface area contributed by atoms with Gasteiger partial charge in [-0.2, -0.15) is 0 Å². The first-order valence-corrected chi connectivity index (χ1v) is 6.63. The average Bonchev–Trinajstić information content (AvgIpc) is 3.05. The van der Waals surface area contributed by atoms with E-state index in [4.69, 9.17) is 10.5 Å². The Morgan fingerprint density at radius 2 is 2.12 bits per heavy atom. The maximum absolute atomic E-state index is 11.8. The van der Waals surface area contributed by atoms with Crippen molar-refractivity contribution in [2.24, 2.45) is 11.7 Å². The van der Waals surface area contributed by atoms with Crippen molar-refractivity contribution in [2.45, 2.75) is 58.1 Å². The van der Waals surface area contributed by atoms with Gasteiger partial charge >= 0.3 is 0 Å². The number of carbonyl (C=O) groups is 1. The van der Waals surface area contributed by atoms with E-state index in [2.05, 4.69) is 5.32 Å². The molecule has 0 heterocycles. The zero-order valence-electron chi connectivity index (χ0n) is 11.3. The molecule has 0 radical (unpaired) electrons. The van der Waals surface area contributed by atoms with Crippen molar-refractivity contribution in [3.05, 3.63) is 0 Å². The molecule has 0 spiro atoms. The second kappa shape index (κ2) is 6.36. The number of rotatable bonds is 8. The summed E-state index contributed by atoms with van der Waals surface area (Å²) in [6.45, 7) is 7.34. The predicted molar refractivity (Wildman–Crippen MR) is 68.6 cm³/mol. The number of carbonyl (C=O) groups excluding carboxylic acids is 1. The molecule has 0 aromatic heterocycles. The number of nitrogens with one attached hydrogen (secondary N) is 1. The molecule has 0 saturated heterocycles. The number of amides is 1. The first-order chi connectivity index (χ1) is 7.94. The van der Waals surface area contributed by atoms with Crippen LogP contribution in [0, 0.1) is 5.92 Å². The second-order valence-electron chi connectivity index (χ2n) is 5.44. The van der Waals surface area contributed by atoms with Crippen LogP contribution in [0.2, 0.25) is 0 Å². The van der Waals surface area contributed by atoms with E-state index in [0.717, 1.165) is 32.3 Å². The van der Waals surface area contributed by atoms with Crippen LogP contribution in [0.15, 0.2) is 0 Å². The van der Waals surface area contributed by atoms with E-state index >= 15 is 0 Å². The van der Waals surface area contributed by atoms with E-state index in [-0.39, 0.29) is 12.0 Å². The Kier molecular flexibility index (Phi) is 5.40. The SMILES string of the molecule is CC(C)OCCCCNC(=O)C(C)(N)C1CC1. The van der Waals surface area contributed by atoms with E-state index < -0.39 is 5.54 Å². The Labute approximate surface area is 104 Å². The molecule has 1 aliphatic rings. The third-order valence-corrected chi connectivity index (χ3v) is 3.22. The van der Waals surface area contributed by atoms with E-state index in [1.165, 1.54) is 0 Å². The molecule has 1 fully saturated rings. The predicted octanol–water partition coefficient (Wildman–Crippen LogP) is 1.44. The molecule has 0 aromatic carbocycles. The summed E-state index contributed by atoms with van der Waals surface area (Å²) in [5, 5.41) is 2.91. The molecule has 1 atom stereocenters. The van der Waals surface area contributed by atoms with Crippen molar-refractivity contribution in [1.29, 1.82) is 0 Å². The standard InChI is InChI=1S/C13H26N2O2/c1-10(2)17-9-5-4-8-15-12(16)13(3,14)11-6-7-11/h10-11H,4-9,14H2,1-3H3,(H,15,16). The van der Waals surface area contributed by atoms with Crippen molar-refractivity contribution in [1.82, 2.24) is 5.32 Å². The molecule has 4 nitrogen and oxygen atoms in total. The normalized spacial score (nSPS) is 19.1. The molecule has 0 bridgehead atoms. The van der Waals surface area contributed by atoms with Crippen molar-refractivity contribution in [3.8, 4) is 0 Å². The van der Waals surface area contributed by atoms with Gasteiger partial charge in [0.1, 0.15) is 0 Å². The van der Waals surface area contributed by atoms with Crippen LogP contribution in [0.3, 0.4) is 0 Å².